The summed E-state index contributed by atoms with van der Waals surface area (Å²) in [6.45, 7) is 0.902. The van der Waals surface area contributed by atoms with Crippen LogP contribution in [-0.4, -0.2) is 57.5 Å². The van der Waals surface area contributed by atoms with Crippen molar-refractivity contribution in [3.8, 4) is 0 Å². The van der Waals surface area contributed by atoms with Gasteiger partial charge in [-0.1, -0.05) is 0 Å². The largest absolute Gasteiger partial charge is 0.464 e. The van der Waals surface area contributed by atoms with E-state index in [-0.39, 0.29) is 11.3 Å². The normalized spacial score (nSPS) is 16.2. The Balaban J connectivity index is 1.14. The highest BCUT2D eigenvalue weighted by atomic mass is 32.2. The maximum atomic E-state index is 12.7. The smallest absolute Gasteiger partial charge is 0.310 e. The van der Waals surface area contributed by atoms with Gasteiger partial charge < -0.3 is 19.2 Å². The molecule has 10 heteroatoms. The fourth-order valence-corrected chi connectivity index (χ4v) is 5.89. The number of carbonyl (C=O) groups is 2. The van der Waals surface area contributed by atoms with Crippen LogP contribution in [0.5, 0.6) is 0 Å². The maximum Gasteiger partial charge on any atom is 0.310 e. The van der Waals surface area contributed by atoms with Gasteiger partial charge in [0.1, 0.15) is 5.58 Å². The van der Waals surface area contributed by atoms with Gasteiger partial charge in [-0.25, -0.2) is 8.42 Å². The van der Waals surface area contributed by atoms with Gasteiger partial charge in [-0.15, -0.1) is 0 Å². The van der Waals surface area contributed by atoms with Crippen LogP contribution in [-0.2, 0) is 48.3 Å². The van der Waals surface area contributed by atoms with Crippen LogP contribution in [0.15, 0.2) is 52.0 Å². The maximum absolute atomic E-state index is 12.7. The lowest BCUT2D eigenvalue weighted by Crippen LogP contribution is -2.40. The van der Waals surface area contributed by atoms with E-state index < -0.39 is 28.5 Å². The van der Waals surface area contributed by atoms with Crippen LogP contribution in [0.2, 0.25) is 0 Å². The molecule has 184 valence electrons. The third-order valence-corrected chi connectivity index (χ3v) is 8.23. The third kappa shape index (κ3) is 5.09. The van der Waals surface area contributed by atoms with Crippen molar-refractivity contribution >= 4 is 38.6 Å². The van der Waals surface area contributed by atoms with E-state index in [1.165, 1.54) is 39.7 Å². The van der Waals surface area contributed by atoms with Crippen LogP contribution < -0.4 is 5.32 Å². The summed E-state index contributed by atoms with van der Waals surface area (Å²) in [5.74, 6) is -1.05. The Morgan fingerprint density at radius 1 is 1.03 bits per heavy atom. The Labute approximate surface area is 203 Å². The summed E-state index contributed by atoms with van der Waals surface area (Å²) in [6.07, 6.45) is 4.77. The van der Waals surface area contributed by atoms with Gasteiger partial charge in [0, 0.05) is 29.7 Å². The molecule has 0 unspecified atom stereocenters. The summed E-state index contributed by atoms with van der Waals surface area (Å²) in [5.41, 5.74) is 4.48. The molecule has 1 fully saturated rings. The van der Waals surface area contributed by atoms with Gasteiger partial charge >= 0.3 is 5.97 Å². The quantitative estimate of drug-likeness (QED) is 0.498. The number of anilines is 1. The summed E-state index contributed by atoms with van der Waals surface area (Å²) in [4.78, 5) is 24.7. The summed E-state index contributed by atoms with van der Waals surface area (Å²) in [7, 11) is -3.61. The molecule has 2 aliphatic rings. The van der Waals surface area contributed by atoms with E-state index in [9.17, 15) is 18.0 Å². The Morgan fingerprint density at radius 3 is 2.49 bits per heavy atom. The van der Waals surface area contributed by atoms with E-state index in [0.717, 1.165) is 35.8 Å². The first kappa shape index (κ1) is 23.5. The number of ether oxygens (including phenoxy) is 2. The molecule has 2 aromatic carbocycles. The van der Waals surface area contributed by atoms with Gasteiger partial charge in [0.05, 0.1) is 30.8 Å². The highest BCUT2D eigenvalue weighted by molar-refractivity contribution is 7.89. The molecule has 1 amide bonds. The molecule has 0 bridgehead atoms. The molecule has 5 rings (SSSR count). The topological polar surface area (TPSA) is 115 Å². The first-order chi connectivity index (χ1) is 16.9. The van der Waals surface area contributed by atoms with Gasteiger partial charge in [0.15, 0.2) is 6.61 Å². The molecular weight excluding hydrogens is 472 g/mol. The number of nitrogens with zero attached hydrogens (tertiary/aromatic N) is 1. The van der Waals surface area contributed by atoms with Crippen molar-refractivity contribution < 1.29 is 31.9 Å². The average Bonchev–Trinajstić information content (AvgIpc) is 3.48. The Hall–Kier alpha value is -3.21. The van der Waals surface area contributed by atoms with Crippen LogP contribution in [0.1, 0.15) is 23.1 Å². The Bertz CT molecular complexity index is 1360. The van der Waals surface area contributed by atoms with Gasteiger partial charge in [-0.05, 0) is 66.8 Å². The van der Waals surface area contributed by atoms with Crippen molar-refractivity contribution in [3.05, 3.63) is 59.4 Å². The highest BCUT2D eigenvalue weighted by Crippen LogP contribution is 2.30. The standard InChI is InChI=1S/C25H26N2O7S/c28-24(26-20-4-6-21(7-5-20)35(30,31)27-8-10-32-11-9-27)16-34-25(29)14-19-15-33-23-13-18-3-1-2-17(18)12-22(19)23/h4-7,12-13,15H,1-3,8-11,14,16H2,(H,26,28). The van der Waals surface area contributed by atoms with E-state index in [1.54, 1.807) is 6.26 Å². The zero-order valence-corrected chi connectivity index (χ0v) is 19.9. The van der Waals surface area contributed by atoms with E-state index in [1.807, 2.05) is 6.07 Å². The highest BCUT2D eigenvalue weighted by Gasteiger charge is 2.26. The predicted octanol–water partition coefficient (Wildman–Crippen LogP) is 2.67. The van der Waals surface area contributed by atoms with Crippen LogP contribution in [0.3, 0.4) is 0 Å². The lowest BCUT2D eigenvalue weighted by atomic mass is 10.0. The number of benzene rings is 2. The second-order valence-corrected chi connectivity index (χ2v) is 10.6. The molecule has 1 saturated heterocycles. The number of esters is 1. The van der Waals surface area contributed by atoms with Crippen LogP contribution >= 0.6 is 0 Å². The number of rotatable bonds is 7. The van der Waals surface area contributed by atoms with Crippen LogP contribution in [0.4, 0.5) is 5.69 Å². The summed E-state index contributed by atoms with van der Waals surface area (Å²) in [6, 6.07) is 10.0. The molecule has 1 aromatic heterocycles. The fraction of sp³-hybridized carbons (Fsp3) is 0.360. The number of furan rings is 1. The number of hydrogen-bond acceptors (Lipinski definition) is 7. The predicted molar refractivity (Wildman–Crippen MR) is 128 cm³/mol. The van der Waals surface area contributed by atoms with E-state index in [2.05, 4.69) is 11.4 Å². The molecule has 0 spiro atoms. The molecule has 0 saturated carbocycles. The number of morpholine rings is 1. The van der Waals surface area contributed by atoms with Crippen molar-refractivity contribution in [2.75, 3.05) is 38.2 Å². The monoisotopic (exact) mass is 498 g/mol. The Morgan fingerprint density at radius 2 is 1.74 bits per heavy atom. The molecule has 9 nitrogen and oxygen atoms in total. The SMILES string of the molecule is O=C(COC(=O)Cc1coc2cc3c(cc12)CCC3)Nc1ccc(S(=O)(=O)N2CCOCC2)cc1. The average molecular weight is 499 g/mol. The molecular formula is C25H26N2O7S. The molecule has 1 N–H and O–H groups in total. The number of nitrogens with one attached hydrogen (secondary N) is 1. The van der Waals surface area contributed by atoms with Gasteiger partial charge in [0.2, 0.25) is 10.0 Å². The molecule has 3 aromatic rings. The summed E-state index contributed by atoms with van der Waals surface area (Å²) < 4.78 is 42.7. The van der Waals surface area contributed by atoms with Gasteiger partial charge in [-0.2, -0.15) is 4.31 Å². The first-order valence-corrected chi connectivity index (χ1v) is 13.0. The number of carbonyl (C=O) groups excluding carboxylic acids is 2. The number of amides is 1. The van der Waals surface area contributed by atoms with E-state index >= 15 is 0 Å². The Kier molecular flexibility index (Phi) is 6.59. The van der Waals surface area contributed by atoms with E-state index in [0.29, 0.717) is 32.0 Å². The number of fused-ring (bicyclic) bond motifs is 2. The third-order valence-electron chi connectivity index (χ3n) is 6.31. The minimum Gasteiger partial charge on any atom is -0.464 e. The van der Waals surface area contributed by atoms with Crippen LogP contribution in [0.25, 0.3) is 11.0 Å². The van der Waals surface area contributed by atoms with Crippen molar-refractivity contribution in [1.82, 2.24) is 4.31 Å². The summed E-state index contributed by atoms with van der Waals surface area (Å²) in [5, 5.41) is 3.51. The van der Waals surface area contributed by atoms with Crippen LogP contribution in [0, 0.1) is 0 Å². The van der Waals surface area contributed by atoms with Crippen molar-refractivity contribution in [3.63, 3.8) is 0 Å². The number of aryl methyl sites for hydroxylation is 2. The minimum absolute atomic E-state index is 0.00711. The van der Waals surface area contributed by atoms with Crippen molar-refractivity contribution in [2.45, 2.75) is 30.6 Å². The molecule has 1 aliphatic carbocycles. The number of sulfonamides is 1. The number of hydrogen-bond donors (Lipinski definition) is 1. The first-order valence-electron chi connectivity index (χ1n) is 11.6. The molecule has 1 aliphatic heterocycles. The molecule has 0 atom stereocenters. The van der Waals surface area contributed by atoms with Crippen molar-refractivity contribution in [1.29, 1.82) is 0 Å². The second kappa shape index (κ2) is 9.80. The second-order valence-electron chi connectivity index (χ2n) is 8.66. The van der Waals surface area contributed by atoms with Gasteiger partial charge in [0.25, 0.3) is 5.91 Å². The van der Waals surface area contributed by atoms with Gasteiger partial charge in [-0.3, -0.25) is 9.59 Å². The zero-order chi connectivity index (χ0) is 24.4. The molecule has 2 heterocycles. The molecule has 35 heavy (non-hydrogen) atoms. The molecule has 0 radical (unpaired) electrons. The zero-order valence-electron chi connectivity index (χ0n) is 19.1. The summed E-state index contributed by atoms with van der Waals surface area (Å²) >= 11 is 0. The fourth-order valence-electron chi connectivity index (χ4n) is 4.48. The van der Waals surface area contributed by atoms with E-state index in [4.69, 9.17) is 13.9 Å². The lowest BCUT2D eigenvalue weighted by molar-refractivity contribution is -0.146. The lowest BCUT2D eigenvalue weighted by Gasteiger charge is -2.26. The van der Waals surface area contributed by atoms with Crippen molar-refractivity contribution in [2.24, 2.45) is 0 Å². The minimum atomic E-state index is -3.61.